The van der Waals surface area contributed by atoms with E-state index in [9.17, 15) is 4.55 Å². The van der Waals surface area contributed by atoms with Crippen LogP contribution in [-0.4, -0.2) is 39.9 Å². The van der Waals surface area contributed by atoms with Gasteiger partial charge in [-0.3, -0.25) is 0 Å². The van der Waals surface area contributed by atoms with Crippen LogP contribution in [0.15, 0.2) is 24.3 Å². The third kappa shape index (κ3) is 3.92. The average molecular weight is 362 g/mol. The zero-order chi connectivity index (χ0) is 18.2. The number of nitrogens with one attached hydrogen (secondary N) is 1. The highest BCUT2D eigenvalue weighted by molar-refractivity contribution is 7.90. The van der Waals surface area contributed by atoms with Crippen LogP contribution in [0.3, 0.4) is 0 Å². The molecule has 25 heavy (non-hydrogen) atoms. The van der Waals surface area contributed by atoms with Gasteiger partial charge in [0.2, 0.25) is 0 Å². The topological polar surface area (TPSA) is 38.3 Å². The fourth-order valence-corrected chi connectivity index (χ4v) is 5.34. The van der Waals surface area contributed by atoms with E-state index in [0.29, 0.717) is 0 Å². The van der Waals surface area contributed by atoms with Gasteiger partial charge in [0.25, 0.3) is 0 Å². The third-order valence-electron chi connectivity index (χ3n) is 5.74. The van der Waals surface area contributed by atoms with Crippen molar-refractivity contribution in [2.45, 2.75) is 70.1 Å². The Morgan fingerprint density at radius 3 is 2.48 bits per heavy atom. The summed E-state index contributed by atoms with van der Waals surface area (Å²) < 4.78 is 16.1. The number of nitrogens with zero attached hydrogens (tertiary/aromatic N) is 1. The van der Waals surface area contributed by atoms with Crippen molar-refractivity contribution < 1.29 is 4.55 Å². The van der Waals surface area contributed by atoms with Crippen molar-refractivity contribution >= 4 is 11.4 Å². The molecule has 1 aliphatic heterocycles. The summed E-state index contributed by atoms with van der Waals surface area (Å²) in [5.41, 5.74) is 3.07. The summed E-state index contributed by atoms with van der Waals surface area (Å²) in [5, 5.41) is 0. The first-order valence-corrected chi connectivity index (χ1v) is 10.7. The Morgan fingerprint density at radius 1 is 1.24 bits per heavy atom. The second-order valence-corrected chi connectivity index (χ2v) is 11.1. The van der Waals surface area contributed by atoms with E-state index in [4.69, 9.17) is 0 Å². The predicted octanol–water partition coefficient (Wildman–Crippen LogP) is 3.61. The van der Waals surface area contributed by atoms with Crippen molar-refractivity contribution in [3.8, 4) is 0 Å². The number of hydrogen-bond donors (Lipinski definition) is 1. The van der Waals surface area contributed by atoms with Gasteiger partial charge in [0, 0.05) is 23.3 Å². The SMILES string of the molecule is C[C](C)CN1CCC2(CC1)c1ccccc1C[C@H]2N[S@+]([O-])C(C)(C)C. The molecule has 1 fully saturated rings. The molecule has 1 aromatic carbocycles. The van der Waals surface area contributed by atoms with Gasteiger partial charge < -0.3 is 9.45 Å². The van der Waals surface area contributed by atoms with Crippen molar-refractivity contribution in [2.24, 2.45) is 0 Å². The fraction of sp³-hybridized carbons (Fsp3) is 0.667. The Labute approximate surface area is 156 Å². The zero-order valence-corrected chi connectivity index (χ0v) is 17.2. The summed E-state index contributed by atoms with van der Waals surface area (Å²) in [5.74, 6) is 1.48. The molecule has 4 heteroatoms. The molecule has 3 rings (SSSR count). The van der Waals surface area contributed by atoms with Gasteiger partial charge in [-0.25, -0.2) is 0 Å². The number of fused-ring (bicyclic) bond motifs is 2. The van der Waals surface area contributed by atoms with Gasteiger partial charge in [-0.2, -0.15) is 0 Å². The monoisotopic (exact) mass is 361 g/mol. The minimum absolute atomic E-state index is 0.135. The molecule has 1 aliphatic carbocycles. The smallest absolute Gasteiger partial charge is 0.136 e. The van der Waals surface area contributed by atoms with Gasteiger partial charge in [-0.1, -0.05) is 38.1 Å². The number of rotatable bonds is 4. The Kier molecular flexibility index (Phi) is 5.55. The number of piperidine rings is 1. The molecule has 1 saturated heterocycles. The van der Waals surface area contributed by atoms with E-state index in [1.807, 2.05) is 20.8 Å². The first-order chi connectivity index (χ1) is 11.7. The predicted molar refractivity (Wildman–Crippen MR) is 107 cm³/mol. The molecule has 0 aromatic heterocycles. The molecule has 0 bridgehead atoms. The highest BCUT2D eigenvalue weighted by atomic mass is 32.2. The van der Waals surface area contributed by atoms with Crippen LogP contribution in [0, 0.1) is 5.92 Å². The Morgan fingerprint density at radius 2 is 1.88 bits per heavy atom. The number of likely N-dealkylation sites (tertiary alicyclic amines) is 1. The van der Waals surface area contributed by atoms with Gasteiger partial charge in [0.05, 0.1) is 6.04 Å². The molecule has 1 radical (unpaired) electrons. The largest absolute Gasteiger partial charge is 0.598 e. The Balaban J connectivity index is 1.82. The summed E-state index contributed by atoms with van der Waals surface area (Å²) in [6, 6.07) is 9.15. The Hall–Kier alpha value is -0.550. The van der Waals surface area contributed by atoms with Crippen molar-refractivity contribution in [1.29, 1.82) is 0 Å². The molecule has 2 atom stereocenters. The second kappa shape index (κ2) is 7.22. The molecule has 1 aromatic rings. The molecule has 2 aliphatic rings. The molecule has 1 spiro atoms. The first kappa shape index (κ1) is 19.2. The maximum atomic E-state index is 12.8. The van der Waals surface area contributed by atoms with E-state index in [-0.39, 0.29) is 16.2 Å². The minimum atomic E-state index is -1.03. The van der Waals surface area contributed by atoms with E-state index >= 15 is 0 Å². The van der Waals surface area contributed by atoms with Crippen molar-refractivity contribution in [2.75, 3.05) is 19.6 Å². The normalized spacial score (nSPS) is 24.7. The summed E-state index contributed by atoms with van der Waals surface area (Å²) in [6.07, 6.45) is 3.30. The minimum Gasteiger partial charge on any atom is -0.598 e. The van der Waals surface area contributed by atoms with E-state index < -0.39 is 11.4 Å². The maximum absolute atomic E-state index is 12.8. The van der Waals surface area contributed by atoms with Crippen molar-refractivity contribution in [1.82, 2.24) is 9.62 Å². The summed E-state index contributed by atoms with van der Waals surface area (Å²) >= 11 is -1.03. The van der Waals surface area contributed by atoms with Crippen LogP contribution in [0.4, 0.5) is 0 Å². The second-order valence-electron chi connectivity index (χ2n) is 9.05. The van der Waals surface area contributed by atoms with E-state index in [0.717, 1.165) is 38.9 Å². The molecule has 0 unspecified atom stereocenters. The highest BCUT2D eigenvalue weighted by Crippen LogP contribution is 2.47. The van der Waals surface area contributed by atoms with E-state index in [1.54, 1.807) is 0 Å². The van der Waals surface area contributed by atoms with Crippen molar-refractivity contribution in [3.05, 3.63) is 41.3 Å². The zero-order valence-electron chi connectivity index (χ0n) is 16.4. The van der Waals surface area contributed by atoms with Crippen molar-refractivity contribution in [3.63, 3.8) is 0 Å². The molecule has 0 amide bonds. The molecule has 0 saturated carbocycles. The van der Waals surface area contributed by atoms with Crippen LogP contribution in [0.2, 0.25) is 0 Å². The lowest BCUT2D eigenvalue weighted by molar-refractivity contribution is 0.147. The molecule has 1 heterocycles. The lowest BCUT2D eigenvalue weighted by Crippen LogP contribution is -2.56. The van der Waals surface area contributed by atoms with Crippen LogP contribution >= 0.6 is 0 Å². The molecular formula is C21H33N2OS. The highest BCUT2D eigenvalue weighted by Gasteiger charge is 2.50. The number of hydrogen-bond acceptors (Lipinski definition) is 3. The average Bonchev–Trinajstić information content (AvgIpc) is 2.82. The van der Waals surface area contributed by atoms with E-state index in [2.05, 4.69) is 47.7 Å². The van der Waals surface area contributed by atoms with Crippen LogP contribution in [-0.2, 0) is 23.2 Å². The lowest BCUT2D eigenvalue weighted by atomic mass is 9.71. The molecule has 139 valence electrons. The standard InChI is InChI=1S/C21H33N2OS/c1-16(2)15-23-12-10-21(11-13-23)18-9-7-6-8-17(18)14-19(21)22-25(24)20(3,4)5/h6-9,19,22H,10-15H2,1-5H3/t19-,25-/m1/s1. The van der Waals surface area contributed by atoms with Crippen LogP contribution in [0.5, 0.6) is 0 Å². The maximum Gasteiger partial charge on any atom is 0.136 e. The van der Waals surface area contributed by atoms with Crippen LogP contribution in [0.25, 0.3) is 0 Å². The summed E-state index contributed by atoms with van der Waals surface area (Å²) in [4.78, 5) is 2.57. The fourth-order valence-electron chi connectivity index (χ4n) is 4.42. The van der Waals surface area contributed by atoms with Crippen LogP contribution < -0.4 is 4.72 Å². The lowest BCUT2D eigenvalue weighted by Gasteiger charge is -2.44. The molecule has 3 nitrogen and oxygen atoms in total. The van der Waals surface area contributed by atoms with Crippen LogP contribution in [0.1, 0.15) is 58.6 Å². The van der Waals surface area contributed by atoms with Gasteiger partial charge in [0.15, 0.2) is 0 Å². The summed E-state index contributed by atoms with van der Waals surface area (Å²) in [7, 11) is 0. The van der Waals surface area contributed by atoms with Gasteiger partial charge in [-0.15, -0.1) is 4.72 Å². The molecular weight excluding hydrogens is 328 g/mol. The van der Waals surface area contributed by atoms with Gasteiger partial charge in [0.1, 0.15) is 4.75 Å². The van der Waals surface area contributed by atoms with E-state index in [1.165, 1.54) is 17.0 Å². The summed E-state index contributed by atoms with van der Waals surface area (Å²) in [6.45, 7) is 13.9. The quantitative estimate of drug-likeness (QED) is 0.833. The number of benzene rings is 1. The van der Waals surface area contributed by atoms with Gasteiger partial charge in [-0.05, 0) is 70.2 Å². The van der Waals surface area contributed by atoms with Gasteiger partial charge >= 0.3 is 0 Å². The Bertz CT molecular complexity index is 588. The first-order valence-electron chi connectivity index (χ1n) is 9.50. The third-order valence-corrected chi connectivity index (χ3v) is 7.35. The molecule has 1 N–H and O–H groups in total.